The van der Waals surface area contributed by atoms with Gasteiger partial charge >= 0.3 is 11.9 Å². The Kier molecular flexibility index (Phi) is 5.70. The van der Waals surface area contributed by atoms with E-state index in [1.54, 1.807) is 0 Å². The lowest BCUT2D eigenvalue weighted by molar-refractivity contribution is -0.342. The van der Waals surface area contributed by atoms with Crippen LogP contribution in [0.2, 0.25) is 0 Å². The van der Waals surface area contributed by atoms with Crippen molar-refractivity contribution < 1.29 is 54.4 Å². The Balaban J connectivity index is 1.82. The fraction of sp³-hybridized carbons (Fsp3) is 0.750. The summed E-state index contributed by atoms with van der Waals surface area (Å²) in [6.07, 6.45) is -7.33. The molecule has 0 aromatic rings. The van der Waals surface area contributed by atoms with Crippen molar-refractivity contribution in [1.29, 1.82) is 0 Å². The number of carboxylic acids is 2. The van der Waals surface area contributed by atoms with E-state index in [1.807, 2.05) is 0 Å². The van der Waals surface area contributed by atoms with Crippen molar-refractivity contribution in [2.24, 2.45) is 17.8 Å². The number of ether oxygens (including phenoxy) is 3. The molecule has 2 heterocycles. The van der Waals surface area contributed by atoms with Crippen molar-refractivity contribution in [1.82, 2.24) is 0 Å². The molecule has 0 spiro atoms. The quantitative estimate of drug-likeness (QED) is 0.301. The molecule has 6 N–H and O–H groups in total. The van der Waals surface area contributed by atoms with Gasteiger partial charge in [0, 0.05) is 11.8 Å². The second-order valence-corrected chi connectivity index (χ2v) is 6.92. The minimum atomic E-state index is -1.68. The first-order valence-electron chi connectivity index (χ1n) is 8.53. The van der Waals surface area contributed by atoms with Gasteiger partial charge < -0.3 is 44.8 Å². The van der Waals surface area contributed by atoms with Crippen LogP contribution in [0.15, 0.2) is 11.8 Å². The summed E-state index contributed by atoms with van der Waals surface area (Å²) in [4.78, 5) is 23.0. The molecule has 0 radical (unpaired) electrons. The zero-order valence-corrected chi connectivity index (χ0v) is 14.1. The molecule has 0 bridgehead atoms. The average Bonchev–Trinajstić information content (AvgIpc) is 3.07. The van der Waals surface area contributed by atoms with Crippen LogP contribution in [0.4, 0.5) is 0 Å². The Morgan fingerprint density at radius 2 is 1.78 bits per heavy atom. The fourth-order valence-corrected chi connectivity index (χ4v) is 4.02. The molecular formula is C16H22O11. The second-order valence-electron chi connectivity index (χ2n) is 6.92. The Morgan fingerprint density at radius 1 is 1.07 bits per heavy atom. The molecule has 0 amide bonds. The summed E-state index contributed by atoms with van der Waals surface area (Å²) < 4.78 is 16.1. The van der Waals surface area contributed by atoms with Gasteiger partial charge in [0.05, 0.1) is 24.4 Å². The predicted octanol–water partition coefficient (Wildman–Crippen LogP) is -2.15. The van der Waals surface area contributed by atoms with Gasteiger partial charge in [0.25, 0.3) is 0 Å². The highest BCUT2D eigenvalue weighted by atomic mass is 16.8. The third-order valence-corrected chi connectivity index (χ3v) is 5.44. The van der Waals surface area contributed by atoms with E-state index in [4.69, 9.17) is 14.2 Å². The van der Waals surface area contributed by atoms with Gasteiger partial charge in [-0.25, -0.2) is 4.79 Å². The maximum atomic E-state index is 11.6. The zero-order valence-electron chi connectivity index (χ0n) is 14.1. The monoisotopic (exact) mass is 390 g/mol. The number of fused-ring (bicyclic) bond motifs is 1. The summed E-state index contributed by atoms with van der Waals surface area (Å²) in [5, 5.41) is 57.7. The van der Waals surface area contributed by atoms with Crippen LogP contribution in [-0.4, -0.2) is 86.2 Å². The van der Waals surface area contributed by atoms with Gasteiger partial charge in [0.2, 0.25) is 6.29 Å². The molecule has 1 saturated heterocycles. The lowest BCUT2D eigenvalue weighted by atomic mass is 9.83. The number of rotatable bonds is 5. The third kappa shape index (κ3) is 3.53. The van der Waals surface area contributed by atoms with E-state index in [-0.39, 0.29) is 12.0 Å². The maximum Gasteiger partial charge on any atom is 0.334 e. The summed E-state index contributed by atoms with van der Waals surface area (Å²) >= 11 is 0. The van der Waals surface area contributed by atoms with E-state index in [0.717, 1.165) is 6.26 Å². The van der Waals surface area contributed by atoms with Crippen LogP contribution in [0.5, 0.6) is 0 Å². The van der Waals surface area contributed by atoms with E-state index < -0.39 is 73.3 Å². The Bertz CT molecular complexity index is 617. The topological polar surface area (TPSA) is 183 Å². The molecular weight excluding hydrogens is 368 g/mol. The van der Waals surface area contributed by atoms with Crippen LogP contribution in [0, 0.1) is 17.8 Å². The van der Waals surface area contributed by atoms with E-state index in [2.05, 4.69) is 0 Å². The number of hydrogen-bond acceptors (Lipinski definition) is 9. The number of carboxylic acid groups (broad SMARTS) is 2. The highest BCUT2D eigenvalue weighted by Gasteiger charge is 2.53. The van der Waals surface area contributed by atoms with Crippen LogP contribution in [0.1, 0.15) is 12.8 Å². The summed E-state index contributed by atoms with van der Waals surface area (Å²) in [7, 11) is 0. The van der Waals surface area contributed by atoms with Crippen LogP contribution >= 0.6 is 0 Å². The molecule has 11 nitrogen and oxygen atoms in total. The molecule has 3 rings (SSSR count). The number of aliphatic hydroxyl groups excluding tert-OH is 4. The standard InChI is InChI=1S/C16H22O11/c17-3-8-10(18)11(19)12(20)16(26-8)27-15-9-5(1-2-6(9)13(21)22)7(4-25-15)14(23)24/h4-6,8-12,15-20H,1-3H2,(H,21,22)(H,23,24)/t5-,6+,8+,9-,10-,11-,12+,15+,16+/m1/s1. The molecule has 0 unspecified atom stereocenters. The first kappa shape index (κ1) is 20.0. The molecule has 27 heavy (non-hydrogen) atoms. The number of carbonyl (C=O) groups is 2. The highest BCUT2D eigenvalue weighted by molar-refractivity contribution is 5.87. The first-order chi connectivity index (χ1) is 12.8. The summed E-state index contributed by atoms with van der Waals surface area (Å²) in [6, 6.07) is 0. The molecule has 0 aromatic heterocycles. The number of hydrogen-bond donors (Lipinski definition) is 6. The van der Waals surface area contributed by atoms with Crippen LogP contribution < -0.4 is 0 Å². The number of aliphatic hydroxyl groups is 4. The largest absolute Gasteiger partial charge is 0.481 e. The van der Waals surface area contributed by atoms with E-state index in [1.165, 1.54) is 0 Å². The minimum absolute atomic E-state index is 0.0580. The molecule has 1 aliphatic carbocycles. The van der Waals surface area contributed by atoms with Crippen molar-refractivity contribution in [2.45, 2.75) is 49.8 Å². The molecule has 0 aromatic carbocycles. The fourth-order valence-electron chi connectivity index (χ4n) is 4.02. The van der Waals surface area contributed by atoms with Crippen LogP contribution in [-0.2, 0) is 23.8 Å². The zero-order chi connectivity index (χ0) is 19.9. The lowest BCUT2D eigenvalue weighted by Gasteiger charge is -2.42. The lowest BCUT2D eigenvalue weighted by Crippen LogP contribution is -2.60. The van der Waals surface area contributed by atoms with Crippen molar-refractivity contribution in [3.63, 3.8) is 0 Å². The molecule has 1 saturated carbocycles. The normalized spacial score (nSPS) is 44.1. The second kappa shape index (κ2) is 7.70. The van der Waals surface area contributed by atoms with Gasteiger partial charge in [-0.05, 0) is 12.8 Å². The molecule has 3 aliphatic rings. The molecule has 2 fully saturated rings. The van der Waals surface area contributed by atoms with Crippen molar-refractivity contribution in [2.75, 3.05) is 6.61 Å². The molecule has 11 heteroatoms. The van der Waals surface area contributed by atoms with Gasteiger partial charge in [0.15, 0.2) is 6.29 Å². The van der Waals surface area contributed by atoms with Gasteiger partial charge in [-0.15, -0.1) is 0 Å². The van der Waals surface area contributed by atoms with Crippen molar-refractivity contribution in [3.05, 3.63) is 11.8 Å². The minimum Gasteiger partial charge on any atom is -0.481 e. The van der Waals surface area contributed by atoms with Crippen molar-refractivity contribution in [3.8, 4) is 0 Å². The number of aliphatic carboxylic acids is 2. The smallest absolute Gasteiger partial charge is 0.334 e. The molecule has 152 valence electrons. The maximum absolute atomic E-state index is 11.6. The SMILES string of the molecule is O=C(O)C1=CO[C@@H](O[C@@H]2O[C@@H](CO)[C@@H](O)[C@@H](O)[C@@H]2O)[C@H]2[C@@H](C(=O)O)CC[C@H]12. The van der Waals surface area contributed by atoms with Crippen molar-refractivity contribution >= 4 is 11.9 Å². The van der Waals surface area contributed by atoms with E-state index >= 15 is 0 Å². The Hall–Kier alpha value is -1.76. The Labute approximate surface area is 153 Å². The molecule has 9 atom stereocenters. The average molecular weight is 390 g/mol. The Morgan fingerprint density at radius 3 is 2.37 bits per heavy atom. The molecule has 2 aliphatic heterocycles. The summed E-state index contributed by atoms with van der Waals surface area (Å²) in [6.45, 7) is -0.650. The third-order valence-electron chi connectivity index (χ3n) is 5.44. The van der Waals surface area contributed by atoms with Crippen LogP contribution in [0.3, 0.4) is 0 Å². The summed E-state index contributed by atoms with van der Waals surface area (Å²) in [5.41, 5.74) is -0.0580. The predicted molar refractivity (Wildman–Crippen MR) is 82.8 cm³/mol. The first-order valence-corrected chi connectivity index (χ1v) is 8.53. The van der Waals surface area contributed by atoms with Crippen LogP contribution in [0.25, 0.3) is 0 Å². The van der Waals surface area contributed by atoms with E-state index in [9.17, 15) is 40.2 Å². The van der Waals surface area contributed by atoms with Gasteiger partial charge in [-0.2, -0.15) is 0 Å². The summed E-state index contributed by atoms with van der Waals surface area (Å²) in [5.74, 6) is -4.73. The van der Waals surface area contributed by atoms with Gasteiger partial charge in [-0.3, -0.25) is 4.79 Å². The van der Waals surface area contributed by atoms with E-state index in [0.29, 0.717) is 6.42 Å². The van der Waals surface area contributed by atoms with Gasteiger partial charge in [-0.1, -0.05) is 0 Å². The highest BCUT2D eigenvalue weighted by Crippen LogP contribution is 2.47. The van der Waals surface area contributed by atoms with Gasteiger partial charge in [0.1, 0.15) is 24.4 Å².